The van der Waals surface area contributed by atoms with Crippen LogP contribution in [0.4, 0.5) is 5.69 Å². The number of hydrogen-bond acceptors (Lipinski definition) is 4. The van der Waals surface area contributed by atoms with Crippen LogP contribution < -0.4 is 4.74 Å². The molecule has 1 aromatic heterocycles. The Morgan fingerprint density at radius 1 is 1.41 bits per heavy atom. The van der Waals surface area contributed by atoms with Gasteiger partial charge in [0, 0.05) is 17.8 Å². The van der Waals surface area contributed by atoms with Crippen LogP contribution in [0.2, 0.25) is 0 Å². The van der Waals surface area contributed by atoms with E-state index in [1.165, 1.54) is 12.1 Å². The Morgan fingerprint density at radius 3 is 2.65 bits per heavy atom. The number of nitrogens with zero attached hydrogens (tertiary/aromatic N) is 2. The highest BCUT2D eigenvalue weighted by atomic mass is 16.6. The molecule has 0 unspecified atom stereocenters. The average molecular weight is 233 g/mol. The predicted octanol–water partition coefficient (Wildman–Crippen LogP) is 2.21. The zero-order chi connectivity index (χ0) is 12.3. The minimum Gasteiger partial charge on any atom is -0.487 e. The molecule has 2 rings (SSSR count). The van der Waals surface area contributed by atoms with Crippen molar-refractivity contribution in [3.8, 4) is 5.75 Å². The SMILES string of the molecule is Cc1cc(COc2ccc([N+](=O)[O-])cc2)n[nH]1. The molecule has 2 aromatic rings. The Kier molecular flexibility index (Phi) is 3.04. The minimum absolute atomic E-state index is 0.0490. The van der Waals surface area contributed by atoms with E-state index in [0.717, 1.165) is 11.4 Å². The third-order valence-electron chi connectivity index (χ3n) is 2.19. The van der Waals surface area contributed by atoms with Gasteiger partial charge in [0.25, 0.3) is 5.69 Å². The molecule has 1 N–H and O–H groups in total. The number of aromatic nitrogens is 2. The van der Waals surface area contributed by atoms with Crippen LogP contribution in [0.5, 0.6) is 5.75 Å². The number of non-ortho nitro benzene ring substituents is 1. The highest BCUT2D eigenvalue weighted by Crippen LogP contribution is 2.18. The quantitative estimate of drug-likeness (QED) is 0.648. The van der Waals surface area contributed by atoms with Gasteiger partial charge in [-0.15, -0.1) is 0 Å². The fourth-order valence-electron chi connectivity index (χ4n) is 1.37. The summed E-state index contributed by atoms with van der Waals surface area (Å²) in [5, 5.41) is 17.3. The first-order chi connectivity index (χ1) is 8.15. The van der Waals surface area contributed by atoms with Crippen molar-refractivity contribution in [1.82, 2.24) is 10.2 Å². The number of nitro benzene ring substituents is 1. The van der Waals surface area contributed by atoms with E-state index in [1.54, 1.807) is 12.1 Å². The first-order valence-electron chi connectivity index (χ1n) is 5.03. The van der Waals surface area contributed by atoms with Gasteiger partial charge in [-0.1, -0.05) is 0 Å². The van der Waals surface area contributed by atoms with Gasteiger partial charge in [-0.25, -0.2) is 0 Å². The van der Waals surface area contributed by atoms with Gasteiger partial charge in [-0.3, -0.25) is 15.2 Å². The maximum Gasteiger partial charge on any atom is 0.269 e. The molecule has 1 heterocycles. The molecule has 0 aliphatic heterocycles. The van der Waals surface area contributed by atoms with E-state index in [4.69, 9.17) is 4.74 Å². The van der Waals surface area contributed by atoms with Crippen molar-refractivity contribution < 1.29 is 9.66 Å². The number of rotatable bonds is 4. The molecule has 88 valence electrons. The van der Waals surface area contributed by atoms with E-state index in [2.05, 4.69) is 10.2 Å². The topological polar surface area (TPSA) is 81.1 Å². The summed E-state index contributed by atoms with van der Waals surface area (Å²) in [4.78, 5) is 10.0. The molecule has 6 nitrogen and oxygen atoms in total. The molecule has 0 amide bonds. The van der Waals surface area contributed by atoms with Crippen molar-refractivity contribution in [1.29, 1.82) is 0 Å². The Balaban J connectivity index is 1.97. The van der Waals surface area contributed by atoms with Gasteiger partial charge in [-0.2, -0.15) is 5.10 Å². The number of ether oxygens (including phenoxy) is 1. The first kappa shape index (κ1) is 11.1. The van der Waals surface area contributed by atoms with Crippen molar-refractivity contribution in [2.45, 2.75) is 13.5 Å². The normalized spacial score (nSPS) is 10.2. The lowest BCUT2D eigenvalue weighted by Crippen LogP contribution is -1.96. The van der Waals surface area contributed by atoms with Gasteiger partial charge >= 0.3 is 0 Å². The van der Waals surface area contributed by atoms with Crippen molar-refractivity contribution in [2.24, 2.45) is 0 Å². The zero-order valence-electron chi connectivity index (χ0n) is 9.21. The van der Waals surface area contributed by atoms with Gasteiger partial charge in [0.1, 0.15) is 12.4 Å². The van der Waals surface area contributed by atoms with E-state index < -0.39 is 4.92 Å². The maximum atomic E-state index is 10.4. The third kappa shape index (κ3) is 2.81. The number of nitrogens with one attached hydrogen (secondary N) is 1. The summed E-state index contributed by atoms with van der Waals surface area (Å²) < 4.78 is 5.44. The number of benzene rings is 1. The molecule has 6 heteroatoms. The van der Waals surface area contributed by atoms with Crippen molar-refractivity contribution in [3.63, 3.8) is 0 Å². The van der Waals surface area contributed by atoms with Gasteiger partial charge in [0.05, 0.1) is 10.6 Å². The smallest absolute Gasteiger partial charge is 0.269 e. The van der Waals surface area contributed by atoms with E-state index in [-0.39, 0.29) is 5.69 Å². The van der Waals surface area contributed by atoms with Crippen LogP contribution in [0.3, 0.4) is 0 Å². The molecule has 0 aliphatic carbocycles. The molecule has 0 saturated heterocycles. The first-order valence-corrected chi connectivity index (χ1v) is 5.03. The molecular formula is C11H11N3O3. The van der Waals surface area contributed by atoms with Crippen LogP contribution in [-0.2, 0) is 6.61 Å². The second-order valence-corrected chi connectivity index (χ2v) is 3.58. The van der Waals surface area contributed by atoms with E-state index >= 15 is 0 Å². The van der Waals surface area contributed by atoms with Gasteiger partial charge < -0.3 is 4.74 Å². The Morgan fingerprint density at radius 2 is 2.12 bits per heavy atom. The summed E-state index contributed by atoms with van der Waals surface area (Å²) in [7, 11) is 0. The number of hydrogen-bond donors (Lipinski definition) is 1. The van der Waals surface area contributed by atoms with Gasteiger partial charge in [-0.05, 0) is 25.1 Å². The second kappa shape index (κ2) is 4.65. The highest BCUT2D eigenvalue weighted by Gasteiger charge is 2.05. The maximum absolute atomic E-state index is 10.4. The summed E-state index contributed by atoms with van der Waals surface area (Å²) in [6.07, 6.45) is 0. The van der Waals surface area contributed by atoms with E-state index in [0.29, 0.717) is 12.4 Å². The van der Waals surface area contributed by atoms with E-state index in [9.17, 15) is 10.1 Å². The van der Waals surface area contributed by atoms with Crippen molar-refractivity contribution in [2.75, 3.05) is 0 Å². The van der Waals surface area contributed by atoms with Gasteiger partial charge in [0.2, 0.25) is 0 Å². The second-order valence-electron chi connectivity index (χ2n) is 3.58. The van der Waals surface area contributed by atoms with Crippen LogP contribution in [0.15, 0.2) is 30.3 Å². The van der Waals surface area contributed by atoms with Crippen molar-refractivity contribution in [3.05, 3.63) is 51.8 Å². The Bertz CT molecular complexity index is 519. The predicted molar refractivity (Wildman–Crippen MR) is 60.8 cm³/mol. The minimum atomic E-state index is -0.444. The lowest BCUT2D eigenvalue weighted by molar-refractivity contribution is -0.384. The lowest BCUT2D eigenvalue weighted by atomic mass is 10.3. The monoisotopic (exact) mass is 233 g/mol. The summed E-state index contributed by atoms with van der Waals surface area (Å²) in [5.74, 6) is 0.580. The Hall–Kier alpha value is -2.37. The molecule has 1 aromatic carbocycles. The lowest BCUT2D eigenvalue weighted by Gasteiger charge is -2.02. The molecule has 0 atom stereocenters. The largest absolute Gasteiger partial charge is 0.487 e. The summed E-state index contributed by atoms with van der Waals surface area (Å²) >= 11 is 0. The van der Waals surface area contributed by atoms with E-state index in [1.807, 2.05) is 13.0 Å². The molecular weight excluding hydrogens is 222 g/mol. The van der Waals surface area contributed by atoms with Crippen LogP contribution in [0.1, 0.15) is 11.4 Å². The number of aromatic amines is 1. The third-order valence-corrected chi connectivity index (χ3v) is 2.19. The standard InChI is InChI=1S/C11H11N3O3/c1-8-6-9(13-12-8)7-17-11-4-2-10(3-5-11)14(15)16/h2-6H,7H2,1H3,(H,12,13). The molecule has 0 radical (unpaired) electrons. The highest BCUT2D eigenvalue weighted by molar-refractivity contribution is 5.36. The summed E-state index contributed by atoms with van der Waals surface area (Å²) in [6.45, 7) is 2.24. The number of aryl methyl sites for hydroxylation is 1. The Labute approximate surface area is 97.4 Å². The van der Waals surface area contributed by atoms with Crippen molar-refractivity contribution >= 4 is 5.69 Å². The number of H-pyrrole nitrogens is 1. The molecule has 0 aliphatic rings. The fraction of sp³-hybridized carbons (Fsp3) is 0.182. The van der Waals surface area contributed by atoms with Crippen LogP contribution >= 0.6 is 0 Å². The van der Waals surface area contributed by atoms with Crippen LogP contribution in [-0.4, -0.2) is 15.1 Å². The summed E-state index contributed by atoms with van der Waals surface area (Å²) in [5.41, 5.74) is 1.81. The molecule has 0 bridgehead atoms. The van der Waals surface area contributed by atoms with Crippen LogP contribution in [0, 0.1) is 17.0 Å². The summed E-state index contributed by atoms with van der Waals surface area (Å²) in [6, 6.07) is 7.83. The van der Waals surface area contributed by atoms with Gasteiger partial charge in [0.15, 0.2) is 0 Å². The van der Waals surface area contributed by atoms with Crippen LogP contribution in [0.25, 0.3) is 0 Å². The molecule has 17 heavy (non-hydrogen) atoms. The zero-order valence-corrected chi connectivity index (χ0v) is 9.21. The average Bonchev–Trinajstić information content (AvgIpc) is 2.73. The molecule has 0 saturated carbocycles. The molecule has 0 fully saturated rings. The fourth-order valence-corrected chi connectivity index (χ4v) is 1.37. The molecule has 0 spiro atoms. The number of nitro groups is 1.